The lowest BCUT2D eigenvalue weighted by Gasteiger charge is -2.34. The van der Waals surface area contributed by atoms with Gasteiger partial charge in [-0.2, -0.15) is 0 Å². The van der Waals surface area contributed by atoms with E-state index in [0.29, 0.717) is 12.1 Å². The van der Waals surface area contributed by atoms with Crippen LogP contribution in [0.1, 0.15) is 25.7 Å². The first kappa shape index (κ1) is 11.9. The zero-order chi connectivity index (χ0) is 11.5. The van der Waals surface area contributed by atoms with Gasteiger partial charge in [0.2, 0.25) is 0 Å². The van der Waals surface area contributed by atoms with Crippen molar-refractivity contribution in [3.8, 4) is 0 Å². The van der Waals surface area contributed by atoms with Crippen molar-refractivity contribution in [2.24, 2.45) is 5.73 Å². The number of hydrogen-bond donors (Lipinski definition) is 1. The standard InChI is InChI=1S/C12H18BrN3/c1-16(11-5-3-10(14)4-6-11)12-7-2-9(13)8-15-12/h2,7-8,10-11H,3-6,14H2,1H3. The molecular weight excluding hydrogens is 266 g/mol. The highest BCUT2D eigenvalue weighted by Crippen LogP contribution is 2.25. The van der Waals surface area contributed by atoms with Crippen LogP contribution < -0.4 is 10.6 Å². The minimum absolute atomic E-state index is 0.405. The van der Waals surface area contributed by atoms with Crippen LogP contribution in [0.25, 0.3) is 0 Å². The molecule has 0 aromatic carbocycles. The number of pyridine rings is 1. The normalized spacial score (nSPS) is 25.4. The summed E-state index contributed by atoms with van der Waals surface area (Å²) >= 11 is 3.40. The third kappa shape index (κ3) is 2.74. The van der Waals surface area contributed by atoms with Gasteiger partial charge in [-0.15, -0.1) is 0 Å². The maximum atomic E-state index is 5.92. The Morgan fingerprint density at radius 2 is 2.00 bits per heavy atom. The minimum Gasteiger partial charge on any atom is -0.357 e. The van der Waals surface area contributed by atoms with Crippen molar-refractivity contribution in [1.82, 2.24) is 4.98 Å². The van der Waals surface area contributed by atoms with E-state index in [1.165, 1.54) is 12.8 Å². The van der Waals surface area contributed by atoms with Crippen LogP contribution in [0.3, 0.4) is 0 Å². The summed E-state index contributed by atoms with van der Waals surface area (Å²) in [6, 6.07) is 5.09. The predicted molar refractivity (Wildman–Crippen MR) is 70.6 cm³/mol. The largest absolute Gasteiger partial charge is 0.357 e. The van der Waals surface area contributed by atoms with Gasteiger partial charge in [0.25, 0.3) is 0 Å². The summed E-state index contributed by atoms with van der Waals surface area (Å²) < 4.78 is 1.02. The molecule has 0 aliphatic heterocycles. The molecule has 0 atom stereocenters. The minimum atomic E-state index is 0.405. The van der Waals surface area contributed by atoms with Gasteiger partial charge in [-0.05, 0) is 53.7 Å². The van der Waals surface area contributed by atoms with E-state index in [1.54, 1.807) is 0 Å². The molecule has 1 aromatic rings. The molecule has 1 aromatic heterocycles. The lowest BCUT2D eigenvalue weighted by molar-refractivity contribution is 0.384. The van der Waals surface area contributed by atoms with E-state index in [4.69, 9.17) is 5.73 Å². The number of nitrogens with zero attached hydrogens (tertiary/aromatic N) is 2. The number of nitrogens with two attached hydrogens (primary N) is 1. The number of anilines is 1. The fraction of sp³-hybridized carbons (Fsp3) is 0.583. The van der Waals surface area contributed by atoms with E-state index < -0.39 is 0 Å². The second-order valence-corrected chi connectivity index (χ2v) is 5.43. The second kappa shape index (κ2) is 5.15. The van der Waals surface area contributed by atoms with E-state index in [1.807, 2.05) is 12.3 Å². The summed E-state index contributed by atoms with van der Waals surface area (Å²) in [6.07, 6.45) is 6.46. The Balaban J connectivity index is 2.01. The summed E-state index contributed by atoms with van der Waals surface area (Å²) in [4.78, 5) is 6.70. The Morgan fingerprint density at radius 3 is 2.56 bits per heavy atom. The highest BCUT2D eigenvalue weighted by atomic mass is 79.9. The first-order chi connectivity index (χ1) is 7.66. The van der Waals surface area contributed by atoms with Crippen molar-refractivity contribution in [3.05, 3.63) is 22.8 Å². The fourth-order valence-electron chi connectivity index (χ4n) is 2.25. The van der Waals surface area contributed by atoms with Crippen LogP contribution in [0.5, 0.6) is 0 Å². The van der Waals surface area contributed by atoms with Crippen molar-refractivity contribution in [2.45, 2.75) is 37.8 Å². The zero-order valence-electron chi connectivity index (χ0n) is 9.56. The average molecular weight is 284 g/mol. The number of halogens is 1. The highest BCUT2D eigenvalue weighted by Gasteiger charge is 2.22. The van der Waals surface area contributed by atoms with Gasteiger partial charge >= 0.3 is 0 Å². The molecule has 1 aliphatic rings. The van der Waals surface area contributed by atoms with Crippen LogP contribution in [-0.2, 0) is 0 Å². The van der Waals surface area contributed by atoms with Crippen molar-refractivity contribution in [2.75, 3.05) is 11.9 Å². The zero-order valence-corrected chi connectivity index (χ0v) is 11.2. The third-order valence-corrected chi connectivity index (χ3v) is 3.83. The highest BCUT2D eigenvalue weighted by molar-refractivity contribution is 9.10. The van der Waals surface area contributed by atoms with Crippen LogP contribution in [0.15, 0.2) is 22.8 Å². The van der Waals surface area contributed by atoms with Crippen LogP contribution in [0.2, 0.25) is 0 Å². The van der Waals surface area contributed by atoms with Crippen LogP contribution in [-0.4, -0.2) is 24.1 Å². The monoisotopic (exact) mass is 283 g/mol. The molecule has 0 radical (unpaired) electrons. The number of hydrogen-bond acceptors (Lipinski definition) is 3. The smallest absolute Gasteiger partial charge is 0.128 e. The molecule has 1 aliphatic carbocycles. The summed E-state index contributed by atoms with van der Waals surface area (Å²) in [6.45, 7) is 0. The summed E-state index contributed by atoms with van der Waals surface area (Å²) in [5.41, 5.74) is 5.92. The maximum Gasteiger partial charge on any atom is 0.128 e. The molecule has 0 spiro atoms. The quantitative estimate of drug-likeness (QED) is 0.907. The molecule has 0 bridgehead atoms. The third-order valence-electron chi connectivity index (χ3n) is 3.36. The van der Waals surface area contributed by atoms with Crippen molar-refractivity contribution < 1.29 is 0 Å². The number of rotatable bonds is 2. The van der Waals surface area contributed by atoms with E-state index in [2.05, 4.69) is 38.9 Å². The van der Waals surface area contributed by atoms with Crippen LogP contribution >= 0.6 is 15.9 Å². The summed E-state index contributed by atoms with van der Waals surface area (Å²) in [5.74, 6) is 1.05. The molecule has 1 heterocycles. The van der Waals surface area contributed by atoms with Crippen molar-refractivity contribution in [1.29, 1.82) is 0 Å². The molecule has 1 fully saturated rings. The number of aromatic nitrogens is 1. The molecule has 4 heteroatoms. The Labute approximate surface area is 105 Å². The first-order valence-electron chi connectivity index (χ1n) is 5.77. The van der Waals surface area contributed by atoms with Crippen LogP contribution in [0, 0.1) is 0 Å². The summed E-state index contributed by atoms with van der Waals surface area (Å²) in [7, 11) is 2.12. The van der Waals surface area contributed by atoms with Crippen molar-refractivity contribution >= 4 is 21.7 Å². The van der Waals surface area contributed by atoms with E-state index >= 15 is 0 Å². The lowest BCUT2D eigenvalue weighted by Crippen LogP contribution is -2.39. The first-order valence-corrected chi connectivity index (χ1v) is 6.56. The SMILES string of the molecule is CN(c1ccc(Br)cn1)C1CCC(N)CC1. The molecular formula is C12H18BrN3. The maximum absolute atomic E-state index is 5.92. The van der Waals surface area contributed by atoms with E-state index in [0.717, 1.165) is 23.1 Å². The van der Waals surface area contributed by atoms with E-state index in [-0.39, 0.29) is 0 Å². The van der Waals surface area contributed by atoms with Gasteiger partial charge in [0.05, 0.1) is 0 Å². The van der Waals surface area contributed by atoms with Gasteiger partial charge in [0, 0.05) is 29.8 Å². The van der Waals surface area contributed by atoms with Gasteiger partial charge < -0.3 is 10.6 Å². The average Bonchev–Trinajstić information content (AvgIpc) is 2.30. The van der Waals surface area contributed by atoms with Gasteiger partial charge in [-0.1, -0.05) is 0 Å². The fourth-order valence-corrected chi connectivity index (χ4v) is 2.49. The molecule has 2 N–H and O–H groups in total. The molecule has 0 unspecified atom stereocenters. The lowest BCUT2D eigenvalue weighted by atomic mass is 9.91. The van der Waals surface area contributed by atoms with Gasteiger partial charge in [0.15, 0.2) is 0 Å². The molecule has 0 amide bonds. The van der Waals surface area contributed by atoms with Gasteiger partial charge in [-0.3, -0.25) is 0 Å². The van der Waals surface area contributed by atoms with Gasteiger partial charge in [-0.25, -0.2) is 4.98 Å². The molecule has 3 nitrogen and oxygen atoms in total. The summed E-state index contributed by atoms with van der Waals surface area (Å²) in [5, 5.41) is 0. The molecule has 2 rings (SSSR count). The molecule has 1 saturated carbocycles. The molecule has 88 valence electrons. The molecule has 16 heavy (non-hydrogen) atoms. The van der Waals surface area contributed by atoms with Crippen LogP contribution in [0.4, 0.5) is 5.82 Å². The Morgan fingerprint density at radius 1 is 1.31 bits per heavy atom. The Bertz CT molecular complexity index is 331. The second-order valence-electron chi connectivity index (χ2n) is 4.51. The topological polar surface area (TPSA) is 42.2 Å². The Hall–Kier alpha value is -0.610. The molecule has 0 saturated heterocycles. The van der Waals surface area contributed by atoms with Gasteiger partial charge in [0.1, 0.15) is 5.82 Å². The van der Waals surface area contributed by atoms with E-state index in [9.17, 15) is 0 Å². The predicted octanol–water partition coefficient (Wildman–Crippen LogP) is 2.55. The Kier molecular flexibility index (Phi) is 3.82. The van der Waals surface area contributed by atoms with Crippen molar-refractivity contribution in [3.63, 3.8) is 0 Å².